The lowest BCUT2D eigenvalue weighted by Crippen LogP contribution is -2.32. The zero-order chi connectivity index (χ0) is 26.4. The van der Waals surface area contributed by atoms with Gasteiger partial charge >= 0.3 is 0 Å². The van der Waals surface area contributed by atoms with Crippen LogP contribution in [0.5, 0.6) is 0 Å². The molecule has 2 heterocycles. The van der Waals surface area contributed by atoms with Gasteiger partial charge in [0.25, 0.3) is 5.56 Å². The van der Waals surface area contributed by atoms with Crippen molar-refractivity contribution in [2.24, 2.45) is 10.7 Å². The zero-order valence-electron chi connectivity index (χ0n) is 19.7. The number of nitrogens with zero attached hydrogens (tertiary/aromatic N) is 4. The first-order chi connectivity index (χ1) is 17.8. The van der Waals surface area contributed by atoms with Crippen LogP contribution in [0, 0.1) is 5.82 Å². The number of allylic oxidation sites excluding steroid dienone is 1. The molecule has 0 saturated carbocycles. The molecule has 0 radical (unpaired) electrons. The fourth-order valence-corrected chi connectivity index (χ4v) is 4.49. The Morgan fingerprint density at radius 3 is 2.57 bits per heavy atom. The summed E-state index contributed by atoms with van der Waals surface area (Å²) in [6, 6.07) is 16.7. The second-order valence-corrected chi connectivity index (χ2v) is 9.96. The van der Waals surface area contributed by atoms with E-state index in [1.54, 1.807) is 48.5 Å². The van der Waals surface area contributed by atoms with Crippen LogP contribution < -0.4 is 11.3 Å². The summed E-state index contributed by atoms with van der Waals surface area (Å²) >= 11 is 0. The fourth-order valence-electron chi connectivity index (χ4n) is 3.36. The highest BCUT2D eigenvalue weighted by Gasteiger charge is 2.25. The Balaban J connectivity index is 1.61. The van der Waals surface area contributed by atoms with Crippen LogP contribution in [0.3, 0.4) is 0 Å². The van der Waals surface area contributed by atoms with E-state index in [1.165, 1.54) is 25.5 Å². The molecule has 12 heteroatoms. The van der Waals surface area contributed by atoms with Gasteiger partial charge in [0.2, 0.25) is 10.0 Å². The summed E-state index contributed by atoms with van der Waals surface area (Å²) in [5.74, 6) is -0.487. The minimum Gasteiger partial charge on any atom is -0.396 e. The van der Waals surface area contributed by atoms with Crippen LogP contribution in [0.15, 0.2) is 98.4 Å². The minimum absolute atomic E-state index is 0.00642. The predicted octanol–water partition coefficient (Wildman–Crippen LogP) is 2.71. The van der Waals surface area contributed by atoms with E-state index in [-0.39, 0.29) is 30.3 Å². The molecule has 4 aromatic rings. The third-order valence-electron chi connectivity index (χ3n) is 5.35. The van der Waals surface area contributed by atoms with E-state index in [4.69, 9.17) is 10.3 Å². The van der Waals surface area contributed by atoms with Gasteiger partial charge in [-0.05, 0) is 17.7 Å². The van der Waals surface area contributed by atoms with E-state index in [2.05, 4.69) is 20.1 Å². The Labute approximate surface area is 212 Å². The quantitative estimate of drug-likeness (QED) is 0.321. The molecular formula is C25H23FN6O4S. The number of sulfonamides is 1. The average molecular weight is 523 g/mol. The van der Waals surface area contributed by atoms with E-state index in [0.717, 1.165) is 16.1 Å². The predicted molar refractivity (Wildman–Crippen MR) is 135 cm³/mol. The minimum atomic E-state index is -4.13. The zero-order valence-corrected chi connectivity index (χ0v) is 20.5. The molecule has 0 spiro atoms. The van der Waals surface area contributed by atoms with Crippen molar-refractivity contribution < 1.29 is 17.3 Å². The van der Waals surface area contributed by atoms with E-state index >= 15 is 0 Å². The van der Waals surface area contributed by atoms with Gasteiger partial charge in [-0.25, -0.2) is 17.8 Å². The summed E-state index contributed by atoms with van der Waals surface area (Å²) < 4.78 is 45.9. The second-order valence-electron chi connectivity index (χ2n) is 7.95. The number of rotatable bonds is 9. The molecule has 2 aromatic heterocycles. The van der Waals surface area contributed by atoms with E-state index in [0.29, 0.717) is 11.3 Å². The Kier molecular flexibility index (Phi) is 7.70. The van der Waals surface area contributed by atoms with Crippen LogP contribution in [0.2, 0.25) is 0 Å². The van der Waals surface area contributed by atoms with Crippen molar-refractivity contribution in [3.8, 4) is 0 Å². The maximum absolute atomic E-state index is 14.0. The highest BCUT2D eigenvalue weighted by atomic mass is 32.2. The first-order valence-electron chi connectivity index (χ1n) is 11.0. The molecule has 0 aliphatic heterocycles. The van der Waals surface area contributed by atoms with Gasteiger partial charge in [0.05, 0.1) is 24.2 Å². The van der Waals surface area contributed by atoms with Crippen LogP contribution in [0.4, 0.5) is 4.39 Å². The van der Waals surface area contributed by atoms with E-state index in [9.17, 15) is 17.6 Å². The molecule has 37 heavy (non-hydrogen) atoms. The number of aromatic nitrogens is 3. The lowest BCUT2D eigenvalue weighted by Gasteiger charge is -2.16. The molecule has 2 aromatic carbocycles. The van der Waals surface area contributed by atoms with Crippen molar-refractivity contribution in [3.63, 3.8) is 0 Å². The van der Waals surface area contributed by atoms with Crippen molar-refractivity contribution in [2.75, 3.05) is 7.05 Å². The maximum Gasteiger partial charge on any atom is 0.271 e. The van der Waals surface area contributed by atoms with Crippen molar-refractivity contribution in [3.05, 3.63) is 118 Å². The number of hydrogen-bond donors (Lipinski definition) is 2. The number of nitrogens with one attached hydrogen (secondary N) is 1. The van der Waals surface area contributed by atoms with Crippen LogP contribution >= 0.6 is 0 Å². The molecule has 10 nitrogen and oxygen atoms in total. The summed E-state index contributed by atoms with van der Waals surface area (Å²) in [6.07, 6.45) is 3.67. The lowest BCUT2D eigenvalue weighted by atomic mass is 10.2. The van der Waals surface area contributed by atoms with Gasteiger partial charge in [-0.1, -0.05) is 53.7 Å². The van der Waals surface area contributed by atoms with Crippen molar-refractivity contribution >= 4 is 21.4 Å². The number of H-pyrrole nitrogens is 1. The molecule has 0 atom stereocenters. The topological polar surface area (TPSA) is 148 Å². The number of nitrogens with two attached hydrogens (primary N) is 1. The van der Waals surface area contributed by atoms with Crippen LogP contribution in [-0.4, -0.2) is 40.6 Å². The summed E-state index contributed by atoms with van der Waals surface area (Å²) in [6.45, 7) is 0.0689. The third-order valence-corrected chi connectivity index (χ3v) is 7.14. The van der Waals surface area contributed by atoms with Crippen molar-refractivity contribution in [1.82, 2.24) is 19.4 Å². The molecule has 0 aliphatic rings. The monoisotopic (exact) mass is 522 g/mol. The summed E-state index contributed by atoms with van der Waals surface area (Å²) in [4.78, 5) is 23.0. The van der Waals surface area contributed by atoms with Crippen molar-refractivity contribution in [2.45, 2.75) is 18.0 Å². The standard InChI is InChI=1S/C25H23FN6O4S/c1-32(16-17-7-3-2-4-8-17)37(34,35)23-15-29-24(30-25(23)33)20(27)13-22(21-11-12-36-31-21)28-14-18-9-5-6-10-19(18)26/h2-13,15H,14,16,27H2,1H3,(H,29,30,33). The highest BCUT2D eigenvalue weighted by Crippen LogP contribution is 2.15. The molecule has 0 aliphatic carbocycles. The number of hydrogen-bond acceptors (Lipinski definition) is 8. The average Bonchev–Trinajstić information content (AvgIpc) is 3.42. The summed E-state index contributed by atoms with van der Waals surface area (Å²) in [5.41, 5.74) is 6.93. The van der Waals surface area contributed by atoms with Gasteiger partial charge in [-0.15, -0.1) is 0 Å². The number of halogens is 1. The third kappa shape index (κ3) is 6.05. The molecule has 4 rings (SSSR count). The molecule has 0 unspecified atom stereocenters. The van der Waals surface area contributed by atoms with Crippen LogP contribution in [0.1, 0.15) is 22.6 Å². The van der Waals surface area contributed by atoms with E-state index < -0.39 is 26.3 Å². The van der Waals surface area contributed by atoms with Gasteiger partial charge < -0.3 is 15.2 Å². The normalized spacial score (nSPS) is 12.7. The molecular weight excluding hydrogens is 499 g/mol. The summed E-state index contributed by atoms with van der Waals surface area (Å²) in [5, 5.41) is 3.84. The largest absolute Gasteiger partial charge is 0.396 e. The molecule has 0 bridgehead atoms. The molecule has 0 amide bonds. The number of aliphatic imine (C=N–C) groups is 1. The lowest BCUT2D eigenvalue weighted by molar-refractivity contribution is 0.418. The summed E-state index contributed by atoms with van der Waals surface area (Å²) in [7, 11) is -2.75. The van der Waals surface area contributed by atoms with Gasteiger partial charge in [0.15, 0.2) is 10.7 Å². The van der Waals surface area contributed by atoms with Crippen LogP contribution in [0.25, 0.3) is 5.70 Å². The van der Waals surface area contributed by atoms with Crippen molar-refractivity contribution in [1.29, 1.82) is 0 Å². The Morgan fingerprint density at radius 1 is 1.16 bits per heavy atom. The van der Waals surface area contributed by atoms with Crippen LogP contribution in [-0.2, 0) is 23.1 Å². The smallest absolute Gasteiger partial charge is 0.271 e. The van der Waals surface area contributed by atoms with Gasteiger partial charge in [0, 0.05) is 25.2 Å². The second kappa shape index (κ2) is 11.1. The molecule has 190 valence electrons. The first-order valence-corrected chi connectivity index (χ1v) is 12.5. The maximum atomic E-state index is 14.0. The van der Waals surface area contributed by atoms with Gasteiger partial charge in [0.1, 0.15) is 17.8 Å². The SMILES string of the molecule is CN(Cc1ccccc1)S(=O)(=O)c1cnc(C(N)=CC(=NCc2ccccc2F)c2ccon2)[nH]c1=O. The first kappa shape index (κ1) is 25.7. The number of benzene rings is 2. The van der Waals surface area contributed by atoms with E-state index in [1.807, 2.05) is 6.07 Å². The molecule has 0 saturated heterocycles. The molecule has 3 N–H and O–H groups in total. The Hall–Kier alpha value is -4.42. The molecule has 0 fully saturated rings. The Bertz CT molecular complexity index is 1600. The van der Waals surface area contributed by atoms with Gasteiger partial charge in [-0.2, -0.15) is 4.31 Å². The van der Waals surface area contributed by atoms with Gasteiger partial charge in [-0.3, -0.25) is 9.79 Å². The number of aromatic amines is 1. The Morgan fingerprint density at radius 2 is 1.89 bits per heavy atom. The highest BCUT2D eigenvalue weighted by molar-refractivity contribution is 7.89. The fraction of sp³-hybridized carbons (Fsp3) is 0.120.